The van der Waals surface area contributed by atoms with Gasteiger partial charge in [-0.05, 0) is 36.2 Å². The first-order chi connectivity index (χ1) is 17.3. The van der Waals surface area contributed by atoms with E-state index in [-0.39, 0.29) is 37.8 Å². The topological polar surface area (TPSA) is 109 Å². The number of aliphatic hydroxyl groups is 1. The van der Waals surface area contributed by atoms with Gasteiger partial charge in [-0.25, -0.2) is 13.2 Å². The molecule has 0 fully saturated rings. The average molecular weight is 518 g/mol. The third kappa shape index (κ3) is 6.37. The average Bonchev–Trinajstić information content (AvgIpc) is 2.86. The van der Waals surface area contributed by atoms with Gasteiger partial charge in [-0.3, -0.25) is 10.2 Å². The Balaban J connectivity index is 1.89. The van der Waals surface area contributed by atoms with Gasteiger partial charge in [-0.15, -0.1) is 0 Å². The molecule has 0 aliphatic rings. The van der Waals surface area contributed by atoms with E-state index in [2.05, 4.69) is 0 Å². The summed E-state index contributed by atoms with van der Waals surface area (Å²) in [7, 11) is 0. The second-order valence-corrected chi connectivity index (χ2v) is 8.13. The van der Waals surface area contributed by atoms with Gasteiger partial charge in [-0.1, -0.05) is 42.5 Å². The second kappa shape index (κ2) is 12.4. The first kappa shape index (κ1) is 27.1. The van der Waals surface area contributed by atoms with Gasteiger partial charge in [0.25, 0.3) is 5.91 Å². The number of halogens is 3. The van der Waals surface area contributed by atoms with Crippen LogP contribution in [0.25, 0.3) is 11.1 Å². The summed E-state index contributed by atoms with van der Waals surface area (Å²) in [6.45, 7) is 1.33. The number of nitrogens with one attached hydrogen (secondary N) is 1. The normalized spacial score (nSPS) is 11.7. The number of nitrogen functional groups attached to an aromatic ring is 1. The lowest BCUT2D eigenvalue weighted by molar-refractivity contribution is -0.139. The van der Waals surface area contributed by atoms with Crippen LogP contribution in [0.1, 0.15) is 29.7 Å². The number of aliphatic hydroxyl groups excluding tert-OH is 1. The molecule has 0 bridgehead atoms. The molecule has 0 saturated carbocycles. The Labute approximate surface area is 212 Å². The highest BCUT2D eigenvalue weighted by Gasteiger charge is 2.32. The van der Waals surface area contributed by atoms with E-state index in [4.69, 9.17) is 37.5 Å². The number of benzene rings is 3. The minimum Gasteiger partial charge on any atom is -0.491 e. The highest BCUT2D eigenvalue weighted by Crippen LogP contribution is 2.35. The van der Waals surface area contributed by atoms with Crippen molar-refractivity contribution in [2.75, 3.05) is 19.8 Å². The van der Waals surface area contributed by atoms with Crippen molar-refractivity contribution in [2.45, 2.75) is 19.6 Å². The van der Waals surface area contributed by atoms with Gasteiger partial charge >= 0.3 is 0 Å². The maximum atomic E-state index is 15.3. The van der Waals surface area contributed by atoms with Crippen molar-refractivity contribution in [3.05, 3.63) is 89.0 Å². The Hall–Kier alpha value is -3.53. The highest BCUT2D eigenvalue weighted by atomic mass is 35.5. The number of amides is 1. The van der Waals surface area contributed by atoms with Crippen LogP contribution >= 0.6 is 11.8 Å². The number of amidine groups is 1. The van der Waals surface area contributed by atoms with Crippen molar-refractivity contribution >= 4 is 23.5 Å². The molecule has 190 valence electrons. The summed E-state index contributed by atoms with van der Waals surface area (Å²) in [5.74, 6) is -2.56. The number of ether oxygens (including phenoxy) is 2. The van der Waals surface area contributed by atoms with Crippen LogP contribution in [-0.4, -0.2) is 41.1 Å². The van der Waals surface area contributed by atoms with Crippen molar-refractivity contribution in [3.8, 4) is 16.9 Å². The molecule has 36 heavy (non-hydrogen) atoms. The number of carbonyl (C=O) groups excluding carboxylic acids is 1. The Morgan fingerprint density at radius 1 is 1.14 bits per heavy atom. The maximum Gasteiger partial charge on any atom is 0.271 e. The lowest BCUT2D eigenvalue weighted by Gasteiger charge is -2.23. The van der Waals surface area contributed by atoms with E-state index >= 15 is 8.78 Å². The Kier molecular flexibility index (Phi) is 9.35. The molecule has 0 aliphatic carbocycles. The molecule has 0 heterocycles. The zero-order valence-corrected chi connectivity index (χ0v) is 20.3. The van der Waals surface area contributed by atoms with Crippen LogP contribution in [0.5, 0.6) is 5.75 Å². The number of nitrogens with zero attached hydrogens (tertiary/aromatic N) is 1. The lowest BCUT2D eigenvalue weighted by atomic mass is 9.99. The fourth-order valence-corrected chi connectivity index (χ4v) is 3.80. The second-order valence-electron chi connectivity index (χ2n) is 7.73. The molecule has 1 unspecified atom stereocenters. The van der Waals surface area contributed by atoms with E-state index in [1.807, 2.05) is 0 Å². The van der Waals surface area contributed by atoms with Crippen molar-refractivity contribution in [2.24, 2.45) is 5.73 Å². The summed E-state index contributed by atoms with van der Waals surface area (Å²) < 4.78 is 42.3. The van der Waals surface area contributed by atoms with Crippen molar-refractivity contribution < 1.29 is 28.2 Å². The van der Waals surface area contributed by atoms with Crippen molar-refractivity contribution in [1.29, 1.82) is 5.41 Å². The van der Waals surface area contributed by atoms with Crippen molar-refractivity contribution in [3.63, 3.8) is 0 Å². The summed E-state index contributed by atoms with van der Waals surface area (Å²) in [4.78, 5) is 13.1. The molecule has 0 radical (unpaired) electrons. The Morgan fingerprint density at radius 3 is 2.36 bits per heavy atom. The predicted molar refractivity (Wildman–Crippen MR) is 133 cm³/mol. The largest absolute Gasteiger partial charge is 0.491 e. The summed E-state index contributed by atoms with van der Waals surface area (Å²) in [6, 6.07) is 15.3. The smallest absolute Gasteiger partial charge is 0.271 e. The van der Waals surface area contributed by atoms with Crippen LogP contribution in [0.4, 0.5) is 8.78 Å². The zero-order chi connectivity index (χ0) is 26.2. The number of para-hydroxylation sites is 1. The minimum atomic E-state index is -1.61. The van der Waals surface area contributed by atoms with E-state index in [0.29, 0.717) is 22.4 Å². The van der Waals surface area contributed by atoms with E-state index in [9.17, 15) is 4.79 Å². The molecule has 0 aliphatic heterocycles. The SMILES string of the molecule is CCOC(C(=O)N(Cl)Cc1ccc(C(=N)N)cc1)c1c(F)cc(-c2ccccc2OCCO)cc1F. The van der Waals surface area contributed by atoms with Gasteiger partial charge < -0.3 is 20.3 Å². The molecular weight excluding hydrogens is 492 g/mol. The zero-order valence-electron chi connectivity index (χ0n) is 19.5. The van der Waals surface area contributed by atoms with Gasteiger partial charge in [0.15, 0.2) is 6.10 Å². The molecular formula is C26H26ClF2N3O4. The molecule has 3 aromatic rings. The van der Waals surface area contributed by atoms with Crippen LogP contribution in [0.2, 0.25) is 0 Å². The third-order valence-electron chi connectivity index (χ3n) is 5.27. The number of hydrogen-bond acceptors (Lipinski definition) is 5. The predicted octanol–water partition coefficient (Wildman–Crippen LogP) is 4.55. The van der Waals surface area contributed by atoms with Gasteiger partial charge in [0.05, 0.1) is 18.7 Å². The van der Waals surface area contributed by atoms with Crippen LogP contribution in [0, 0.1) is 17.0 Å². The summed E-state index contributed by atoms with van der Waals surface area (Å²) in [6.07, 6.45) is -1.61. The number of nitrogens with two attached hydrogens (primary N) is 1. The third-order valence-corrected chi connectivity index (χ3v) is 5.56. The fourth-order valence-electron chi connectivity index (χ4n) is 3.58. The van der Waals surface area contributed by atoms with E-state index in [1.54, 1.807) is 55.5 Å². The molecule has 1 amide bonds. The van der Waals surface area contributed by atoms with Gasteiger partial charge in [-0.2, -0.15) is 0 Å². The van der Waals surface area contributed by atoms with Crippen molar-refractivity contribution in [1.82, 2.24) is 4.42 Å². The molecule has 0 saturated heterocycles. The maximum absolute atomic E-state index is 15.3. The Morgan fingerprint density at radius 2 is 1.78 bits per heavy atom. The molecule has 10 heteroatoms. The Bertz CT molecular complexity index is 1200. The molecule has 4 N–H and O–H groups in total. The first-order valence-corrected chi connectivity index (χ1v) is 11.4. The number of rotatable bonds is 11. The molecule has 3 aromatic carbocycles. The van der Waals surface area contributed by atoms with Crippen LogP contribution < -0.4 is 10.5 Å². The minimum absolute atomic E-state index is 0.00685. The van der Waals surface area contributed by atoms with Crippen LogP contribution in [-0.2, 0) is 16.1 Å². The van der Waals surface area contributed by atoms with E-state index in [1.165, 1.54) is 0 Å². The van der Waals surface area contributed by atoms with Gasteiger partial charge in [0, 0.05) is 29.5 Å². The summed E-state index contributed by atoms with van der Waals surface area (Å²) >= 11 is 6.20. The van der Waals surface area contributed by atoms with E-state index < -0.39 is 29.2 Å². The fraction of sp³-hybridized carbons (Fsp3) is 0.231. The molecule has 0 spiro atoms. The van der Waals surface area contributed by atoms with Gasteiger partial charge in [0.2, 0.25) is 0 Å². The number of hydrogen-bond donors (Lipinski definition) is 3. The van der Waals surface area contributed by atoms with Gasteiger partial charge in [0.1, 0.15) is 29.8 Å². The van der Waals surface area contributed by atoms with E-state index in [0.717, 1.165) is 16.6 Å². The quantitative estimate of drug-likeness (QED) is 0.196. The summed E-state index contributed by atoms with van der Waals surface area (Å²) in [5, 5.41) is 16.5. The highest BCUT2D eigenvalue weighted by molar-refractivity contribution is 6.21. The molecule has 0 aromatic heterocycles. The standard InChI is InChI=1S/C26H26ClF2N3O4/c1-2-35-24(26(34)32(27)15-16-7-9-17(10-8-16)25(30)31)23-20(28)13-18(14-21(23)29)19-5-3-4-6-22(19)36-12-11-33/h3-10,13-14,24,33H,2,11-12,15H2,1H3,(H3,30,31). The molecule has 1 atom stereocenters. The lowest BCUT2D eigenvalue weighted by Crippen LogP contribution is -2.30. The first-order valence-electron chi connectivity index (χ1n) is 11.1. The molecule has 7 nitrogen and oxygen atoms in total. The molecule has 3 rings (SSSR count). The monoisotopic (exact) mass is 517 g/mol. The summed E-state index contributed by atoms with van der Waals surface area (Å²) in [5.41, 5.74) is 6.62. The van der Waals surface area contributed by atoms with Crippen LogP contribution in [0.15, 0.2) is 60.7 Å². The number of carbonyl (C=O) groups is 1. The van der Waals surface area contributed by atoms with Crippen LogP contribution in [0.3, 0.4) is 0 Å².